The molecule has 9 N–H and O–H groups in total. The van der Waals surface area contributed by atoms with Crippen LogP contribution in [0.1, 0.15) is 65.2 Å². The summed E-state index contributed by atoms with van der Waals surface area (Å²) in [4.78, 5) is 61.0. The van der Waals surface area contributed by atoms with Gasteiger partial charge in [0.15, 0.2) is 0 Å². The Labute approximate surface area is 200 Å². The molecular formula is C22H40N6O6. The third-order valence-corrected chi connectivity index (χ3v) is 5.59. The Balaban J connectivity index is 2.90. The van der Waals surface area contributed by atoms with Crippen LogP contribution in [0, 0.1) is 5.92 Å². The zero-order valence-electron chi connectivity index (χ0n) is 20.1. The Kier molecular flexibility index (Phi) is 13.1. The molecule has 1 aliphatic rings. The molecule has 12 nitrogen and oxygen atoms in total. The van der Waals surface area contributed by atoms with Gasteiger partial charge in [-0.05, 0) is 64.0 Å². The second kappa shape index (κ2) is 15.2. The Morgan fingerprint density at radius 3 is 2.15 bits per heavy atom. The predicted molar refractivity (Wildman–Crippen MR) is 125 cm³/mol. The van der Waals surface area contributed by atoms with Crippen molar-refractivity contribution in [3.8, 4) is 0 Å². The molecule has 34 heavy (non-hydrogen) atoms. The molecule has 0 spiro atoms. The molecule has 4 atom stereocenters. The smallest absolute Gasteiger partial charge is 0.326 e. The summed E-state index contributed by atoms with van der Waals surface area (Å²) in [6, 6.07) is -3.54. The molecule has 1 fully saturated rings. The first-order chi connectivity index (χ1) is 16.0. The van der Waals surface area contributed by atoms with E-state index in [1.165, 1.54) is 0 Å². The van der Waals surface area contributed by atoms with Crippen molar-refractivity contribution in [2.24, 2.45) is 17.4 Å². The van der Waals surface area contributed by atoms with E-state index in [2.05, 4.69) is 21.3 Å². The summed E-state index contributed by atoms with van der Waals surface area (Å²) in [5.74, 6) is -3.44. The maximum atomic E-state index is 13.1. The van der Waals surface area contributed by atoms with Gasteiger partial charge in [-0.15, -0.1) is 0 Å². The Hall–Kier alpha value is -2.73. The molecule has 4 unspecified atom stereocenters. The van der Waals surface area contributed by atoms with Crippen molar-refractivity contribution in [1.29, 1.82) is 0 Å². The van der Waals surface area contributed by atoms with Crippen molar-refractivity contribution < 1.29 is 29.1 Å². The number of carboxylic acid groups (broad SMARTS) is 1. The average Bonchev–Trinajstić information content (AvgIpc) is 3.29. The highest BCUT2D eigenvalue weighted by Crippen LogP contribution is 2.10. The van der Waals surface area contributed by atoms with Gasteiger partial charge in [0.05, 0.1) is 6.04 Å². The minimum Gasteiger partial charge on any atom is -0.480 e. The molecule has 1 heterocycles. The number of carbonyl (C=O) groups excluding carboxylic acids is 4. The van der Waals surface area contributed by atoms with Crippen molar-refractivity contribution in [3.63, 3.8) is 0 Å². The second-order valence-corrected chi connectivity index (χ2v) is 9.09. The maximum absolute atomic E-state index is 13.1. The van der Waals surface area contributed by atoms with E-state index < -0.39 is 41.8 Å². The van der Waals surface area contributed by atoms with E-state index in [1.807, 2.05) is 13.8 Å². The van der Waals surface area contributed by atoms with Gasteiger partial charge in [0.25, 0.3) is 0 Å². The van der Waals surface area contributed by atoms with Crippen LogP contribution in [0.2, 0.25) is 0 Å². The third kappa shape index (κ3) is 10.9. The number of unbranched alkanes of at least 4 members (excludes halogenated alkanes) is 1. The van der Waals surface area contributed by atoms with Crippen LogP contribution in [0.3, 0.4) is 0 Å². The van der Waals surface area contributed by atoms with Crippen molar-refractivity contribution in [3.05, 3.63) is 0 Å². The van der Waals surface area contributed by atoms with E-state index >= 15 is 0 Å². The fourth-order valence-electron chi connectivity index (χ4n) is 3.73. The molecule has 4 amide bonds. The molecule has 194 valence electrons. The van der Waals surface area contributed by atoms with E-state index in [4.69, 9.17) is 11.5 Å². The lowest BCUT2D eigenvalue weighted by Gasteiger charge is -2.26. The van der Waals surface area contributed by atoms with Crippen LogP contribution in [0.5, 0.6) is 0 Å². The van der Waals surface area contributed by atoms with Gasteiger partial charge in [-0.2, -0.15) is 0 Å². The van der Waals surface area contributed by atoms with E-state index in [1.54, 1.807) is 0 Å². The molecule has 12 heteroatoms. The van der Waals surface area contributed by atoms with E-state index in [-0.39, 0.29) is 37.1 Å². The van der Waals surface area contributed by atoms with Gasteiger partial charge in [0.1, 0.15) is 18.1 Å². The van der Waals surface area contributed by atoms with E-state index in [9.17, 15) is 29.1 Å². The second-order valence-electron chi connectivity index (χ2n) is 9.09. The quantitative estimate of drug-likeness (QED) is 0.131. The van der Waals surface area contributed by atoms with Crippen molar-refractivity contribution >= 4 is 29.6 Å². The normalized spacial score (nSPS) is 18.1. The van der Waals surface area contributed by atoms with Gasteiger partial charge in [-0.1, -0.05) is 13.8 Å². The predicted octanol–water partition coefficient (Wildman–Crippen LogP) is -1.28. The number of primary amides is 1. The molecule has 1 aliphatic heterocycles. The molecule has 0 aromatic rings. The van der Waals surface area contributed by atoms with Crippen LogP contribution in [-0.4, -0.2) is 72.0 Å². The minimum absolute atomic E-state index is 0.0120. The number of carboxylic acids is 1. The molecule has 0 saturated carbocycles. The number of carbonyl (C=O) groups is 5. The Morgan fingerprint density at radius 1 is 0.971 bits per heavy atom. The van der Waals surface area contributed by atoms with Crippen LogP contribution >= 0.6 is 0 Å². The topological polar surface area (TPSA) is 206 Å². The maximum Gasteiger partial charge on any atom is 0.326 e. The lowest BCUT2D eigenvalue weighted by atomic mass is 10.0. The SMILES string of the molecule is CC(C)CC(NC(=O)C(CCCCN)NC(=O)C1CCCN1)C(=O)NC(CCC(N)=O)C(=O)O. The molecule has 0 radical (unpaired) electrons. The van der Waals surface area contributed by atoms with Crippen molar-refractivity contribution in [2.45, 2.75) is 89.4 Å². The van der Waals surface area contributed by atoms with Gasteiger partial charge >= 0.3 is 5.97 Å². The Morgan fingerprint density at radius 2 is 1.62 bits per heavy atom. The lowest BCUT2D eigenvalue weighted by molar-refractivity contribution is -0.142. The van der Waals surface area contributed by atoms with Crippen LogP contribution in [0.15, 0.2) is 0 Å². The highest BCUT2D eigenvalue weighted by atomic mass is 16.4. The monoisotopic (exact) mass is 484 g/mol. The van der Waals surface area contributed by atoms with Gasteiger partial charge in [-0.25, -0.2) is 4.79 Å². The number of nitrogens with two attached hydrogens (primary N) is 2. The molecule has 0 aliphatic carbocycles. The standard InChI is InChI=1S/C22H40N6O6/c1-13(2)12-17(21(32)27-16(22(33)34)8-9-18(24)29)28-20(31)15(6-3-4-10-23)26-19(30)14-7-5-11-25-14/h13-17,25H,3-12,23H2,1-2H3,(H2,24,29)(H,26,30)(H,27,32)(H,28,31)(H,33,34). The zero-order valence-corrected chi connectivity index (χ0v) is 20.1. The molecule has 0 bridgehead atoms. The highest BCUT2D eigenvalue weighted by molar-refractivity contribution is 5.94. The number of hydrogen-bond donors (Lipinski definition) is 7. The van der Waals surface area contributed by atoms with E-state index in [0.717, 1.165) is 13.0 Å². The third-order valence-electron chi connectivity index (χ3n) is 5.59. The summed E-state index contributed by atoms with van der Waals surface area (Å²) >= 11 is 0. The first-order valence-corrected chi connectivity index (χ1v) is 11.9. The molecule has 1 rings (SSSR count). The van der Waals surface area contributed by atoms with Gasteiger partial charge in [0.2, 0.25) is 23.6 Å². The zero-order chi connectivity index (χ0) is 25.7. The van der Waals surface area contributed by atoms with E-state index in [0.29, 0.717) is 32.2 Å². The average molecular weight is 485 g/mol. The number of hydrogen-bond acceptors (Lipinski definition) is 7. The fourth-order valence-corrected chi connectivity index (χ4v) is 3.73. The van der Waals surface area contributed by atoms with Crippen LogP contribution < -0.4 is 32.7 Å². The summed E-state index contributed by atoms with van der Waals surface area (Å²) in [6.45, 7) is 4.91. The first kappa shape index (κ1) is 29.3. The van der Waals surface area contributed by atoms with Crippen LogP contribution in [0.4, 0.5) is 0 Å². The molecular weight excluding hydrogens is 444 g/mol. The van der Waals surface area contributed by atoms with Gasteiger partial charge in [0, 0.05) is 6.42 Å². The minimum atomic E-state index is -1.32. The number of aliphatic carboxylic acids is 1. The highest BCUT2D eigenvalue weighted by Gasteiger charge is 2.31. The fraction of sp³-hybridized carbons (Fsp3) is 0.773. The summed E-state index contributed by atoms with van der Waals surface area (Å²) < 4.78 is 0. The number of nitrogens with one attached hydrogen (secondary N) is 4. The lowest BCUT2D eigenvalue weighted by Crippen LogP contribution is -2.57. The van der Waals surface area contributed by atoms with Gasteiger partial charge in [-0.3, -0.25) is 19.2 Å². The number of rotatable bonds is 16. The Bertz CT molecular complexity index is 710. The van der Waals surface area contributed by atoms with Gasteiger partial charge < -0.3 is 37.8 Å². The van der Waals surface area contributed by atoms with Crippen LogP contribution in [0.25, 0.3) is 0 Å². The largest absolute Gasteiger partial charge is 0.480 e. The summed E-state index contributed by atoms with van der Waals surface area (Å²) in [5, 5.41) is 20.3. The summed E-state index contributed by atoms with van der Waals surface area (Å²) in [5.41, 5.74) is 10.6. The number of amides is 4. The van der Waals surface area contributed by atoms with Crippen LogP contribution in [-0.2, 0) is 24.0 Å². The molecule has 1 saturated heterocycles. The molecule has 0 aromatic heterocycles. The van der Waals surface area contributed by atoms with Crippen molar-refractivity contribution in [1.82, 2.24) is 21.3 Å². The van der Waals surface area contributed by atoms with Crippen molar-refractivity contribution in [2.75, 3.05) is 13.1 Å². The first-order valence-electron chi connectivity index (χ1n) is 11.9. The summed E-state index contributed by atoms with van der Waals surface area (Å²) in [7, 11) is 0. The molecule has 0 aromatic carbocycles. The summed E-state index contributed by atoms with van der Waals surface area (Å²) in [6.07, 6.45) is 3.09.